The summed E-state index contributed by atoms with van der Waals surface area (Å²) in [6.45, 7) is 0.0275. The summed E-state index contributed by atoms with van der Waals surface area (Å²) in [5.74, 6) is -1.63. The Kier molecular flexibility index (Phi) is 3.18. The van der Waals surface area contributed by atoms with Gasteiger partial charge in [-0.15, -0.1) is 10.2 Å². The first kappa shape index (κ1) is 12.0. The lowest BCUT2D eigenvalue weighted by Crippen LogP contribution is -2.02. The lowest BCUT2D eigenvalue weighted by Gasteiger charge is -2.04. The minimum Gasteiger partial charge on any atom is -0.485 e. The Morgan fingerprint density at radius 2 is 2.33 bits per heavy atom. The zero-order chi connectivity index (χ0) is 13.1. The third-order valence-corrected chi connectivity index (χ3v) is 2.09. The third kappa shape index (κ3) is 2.59. The average Bonchev–Trinajstić information content (AvgIpc) is 2.72. The van der Waals surface area contributed by atoms with E-state index in [4.69, 9.17) is 9.84 Å². The molecule has 1 heterocycles. The van der Waals surface area contributed by atoms with E-state index in [0.29, 0.717) is 5.82 Å². The van der Waals surface area contributed by atoms with Crippen LogP contribution in [-0.4, -0.2) is 31.3 Å². The molecule has 2 aromatic rings. The van der Waals surface area contributed by atoms with Crippen molar-refractivity contribution >= 4 is 5.97 Å². The normalized spacial score (nSPS) is 10.3. The Morgan fingerprint density at radius 1 is 1.56 bits per heavy atom. The Balaban J connectivity index is 2.06. The molecule has 0 aliphatic rings. The highest BCUT2D eigenvalue weighted by Gasteiger charge is 2.11. The molecule has 0 aliphatic heterocycles. The number of aromatic nitrogens is 4. The van der Waals surface area contributed by atoms with Crippen molar-refractivity contribution in [3.05, 3.63) is 35.4 Å². The number of carboxylic acids is 1. The first-order chi connectivity index (χ1) is 8.56. The van der Waals surface area contributed by atoms with Gasteiger partial charge in [-0.1, -0.05) is 0 Å². The summed E-state index contributed by atoms with van der Waals surface area (Å²) < 4.78 is 18.5. The number of nitrogens with zero attached hydrogens (tertiary/aromatic N) is 4. The van der Waals surface area contributed by atoms with E-state index in [9.17, 15) is 9.18 Å². The summed E-state index contributed by atoms with van der Waals surface area (Å²) in [5.41, 5.74) is -0.403. The van der Waals surface area contributed by atoms with Gasteiger partial charge in [-0.3, -0.25) is 0 Å². The number of tetrazole rings is 1. The number of hydrogen-bond acceptors (Lipinski definition) is 5. The zero-order valence-electron chi connectivity index (χ0n) is 9.37. The molecule has 0 fully saturated rings. The number of halogens is 1. The molecular formula is C10H9FN4O3. The van der Waals surface area contributed by atoms with Crippen molar-refractivity contribution in [1.29, 1.82) is 0 Å². The molecule has 2 rings (SSSR count). The number of hydrogen-bond donors (Lipinski definition) is 1. The second kappa shape index (κ2) is 4.78. The molecule has 0 saturated carbocycles. The molecule has 0 unspecified atom stereocenters. The summed E-state index contributed by atoms with van der Waals surface area (Å²) in [7, 11) is 1.61. The van der Waals surface area contributed by atoms with E-state index in [0.717, 1.165) is 12.1 Å². The highest BCUT2D eigenvalue weighted by molar-refractivity contribution is 5.88. The zero-order valence-corrected chi connectivity index (χ0v) is 9.37. The van der Waals surface area contributed by atoms with Crippen LogP contribution in [0, 0.1) is 5.82 Å². The van der Waals surface area contributed by atoms with Crippen LogP contribution in [0.15, 0.2) is 18.2 Å². The number of aromatic carboxylic acids is 1. The van der Waals surface area contributed by atoms with Crippen LogP contribution in [-0.2, 0) is 13.7 Å². The minimum absolute atomic E-state index is 0.0275. The van der Waals surface area contributed by atoms with Crippen molar-refractivity contribution in [1.82, 2.24) is 20.2 Å². The van der Waals surface area contributed by atoms with E-state index in [1.165, 1.54) is 10.9 Å². The number of benzene rings is 1. The second-order valence-corrected chi connectivity index (χ2v) is 3.43. The SMILES string of the molecule is Cn1nnc(COc2ccc(C(=O)O)c(F)c2)n1. The molecule has 7 nitrogen and oxygen atoms in total. The molecule has 18 heavy (non-hydrogen) atoms. The lowest BCUT2D eigenvalue weighted by atomic mass is 10.2. The second-order valence-electron chi connectivity index (χ2n) is 3.43. The van der Waals surface area contributed by atoms with Gasteiger partial charge in [-0.2, -0.15) is 4.80 Å². The maximum absolute atomic E-state index is 13.3. The number of aryl methyl sites for hydroxylation is 1. The third-order valence-electron chi connectivity index (χ3n) is 2.09. The van der Waals surface area contributed by atoms with Crippen molar-refractivity contribution in [2.75, 3.05) is 0 Å². The van der Waals surface area contributed by atoms with Gasteiger partial charge in [0, 0.05) is 6.07 Å². The Morgan fingerprint density at radius 3 is 2.89 bits per heavy atom. The fraction of sp³-hybridized carbons (Fsp3) is 0.200. The van der Waals surface area contributed by atoms with Gasteiger partial charge < -0.3 is 9.84 Å². The van der Waals surface area contributed by atoms with Gasteiger partial charge in [0.1, 0.15) is 11.6 Å². The van der Waals surface area contributed by atoms with E-state index < -0.39 is 17.3 Å². The van der Waals surface area contributed by atoms with Gasteiger partial charge in [-0.25, -0.2) is 9.18 Å². The first-order valence-corrected chi connectivity index (χ1v) is 4.95. The predicted molar refractivity (Wildman–Crippen MR) is 56.5 cm³/mol. The first-order valence-electron chi connectivity index (χ1n) is 4.95. The van der Waals surface area contributed by atoms with Crippen LogP contribution in [0.1, 0.15) is 16.2 Å². The molecule has 1 aromatic carbocycles. The van der Waals surface area contributed by atoms with Crippen LogP contribution in [0.3, 0.4) is 0 Å². The van der Waals surface area contributed by atoms with Gasteiger partial charge >= 0.3 is 5.97 Å². The minimum atomic E-state index is -1.32. The summed E-state index contributed by atoms with van der Waals surface area (Å²) in [6.07, 6.45) is 0. The van der Waals surface area contributed by atoms with E-state index in [2.05, 4.69) is 15.4 Å². The van der Waals surface area contributed by atoms with Gasteiger partial charge in [0.05, 0.1) is 12.6 Å². The average molecular weight is 252 g/mol. The monoisotopic (exact) mass is 252 g/mol. The van der Waals surface area contributed by atoms with E-state index in [-0.39, 0.29) is 12.4 Å². The van der Waals surface area contributed by atoms with E-state index in [1.54, 1.807) is 7.05 Å². The molecule has 94 valence electrons. The van der Waals surface area contributed by atoms with Crippen molar-refractivity contribution in [3.8, 4) is 5.75 Å². The molecule has 0 spiro atoms. The standard InChI is InChI=1S/C10H9FN4O3/c1-15-13-9(12-14-15)5-18-6-2-3-7(10(16)17)8(11)4-6/h2-4H,5H2,1H3,(H,16,17). The van der Waals surface area contributed by atoms with Crippen LogP contribution >= 0.6 is 0 Å². The Labute approximate surface area is 101 Å². The van der Waals surface area contributed by atoms with E-state index >= 15 is 0 Å². The van der Waals surface area contributed by atoms with Crippen molar-refractivity contribution in [2.24, 2.45) is 7.05 Å². The summed E-state index contributed by atoms with van der Waals surface area (Å²) >= 11 is 0. The molecule has 0 radical (unpaired) electrons. The Bertz CT molecular complexity index is 584. The number of carboxylic acid groups (broad SMARTS) is 1. The highest BCUT2D eigenvalue weighted by Crippen LogP contribution is 2.17. The highest BCUT2D eigenvalue weighted by atomic mass is 19.1. The molecule has 0 saturated heterocycles. The smallest absolute Gasteiger partial charge is 0.338 e. The number of carbonyl (C=O) groups is 1. The van der Waals surface area contributed by atoms with Crippen LogP contribution < -0.4 is 4.74 Å². The van der Waals surface area contributed by atoms with Crippen LogP contribution in [0.4, 0.5) is 4.39 Å². The fourth-order valence-electron chi connectivity index (χ4n) is 1.29. The molecule has 1 N–H and O–H groups in total. The van der Waals surface area contributed by atoms with Crippen molar-refractivity contribution < 1.29 is 19.0 Å². The molecule has 0 amide bonds. The molecule has 1 aromatic heterocycles. The molecular weight excluding hydrogens is 243 g/mol. The molecule has 0 aliphatic carbocycles. The van der Waals surface area contributed by atoms with Gasteiger partial charge in [0.15, 0.2) is 6.61 Å². The molecule has 0 atom stereocenters. The maximum atomic E-state index is 13.3. The fourth-order valence-corrected chi connectivity index (χ4v) is 1.29. The summed E-state index contributed by atoms with van der Waals surface area (Å²) in [4.78, 5) is 11.9. The quantitative estimate of drug-likeness (QED) is 0.858. The van der Waals surface area contributed by atoms with Gasteiger partial charge in [-0.05, 0) is 17.3 Å². The molecule has 8 heteroatoms. The summed E-state index contributed by atoms with van der Waals surface area (Å²) in [6, 6.07) is 3.50. The lowest BCUT2D eigenvalue weighted by molar-refractivity contribution is 0.0692. The summed E-state index contributed by atoms with van der Waals surface area (Å²) in [5, 5.41) is 19.8. The number of ether oxygens (including phenoxy) is 1. The molecule has 0 bridgehead atoms. The van der Waals surface area contributed by atoms with Crippen LogP contribution in [0.25, 0.3) is 0 Å². The topological polar surface area (TPSA) is 90.1 Å². The van der Waals surface area contributed by atoms with Crippen LogP contribution in [0.2, 0.25) is 0 Å². The van der Waals surface area contributed by atoms with E-state index in [1.807, 2.05) is 0 Å². The van der Waals surface area contributed by atoms with Crippen molar-refractivity contribution in [2.45, 2.75) is 6.61 Å². The van der Waals surface area contributed by atoms with Crippen LogP contribution in [0.5, 0.6) is 5.75 Å². The number of rotatable bonds is 4. The maximum Gasteiger partial charge on any atom is 0.338 e. The van der Waals surface area contributed by atoms with Gasteiger partial charge in [0.25, 0.3) is 0 Å². The Hall–Kier alpha value is -2.51. The predicted octanol–water partition coefficient (Wildman–Crippen LogP) is 0.626. The van der Waals surface area contributed by atoms with Gasteiger partial charge in [0.2, 0.25) is 5.82 Å². The largest absolute Gasteiger partial charge is 0.485 e. The van der Waals surface area contributed by atoms with Crippen molar-refractivity contribution in [3.63, 3.8) is 0 Å².